The number of carbonyl (C=O) groups is 1. The van der Waals surface area contributed by atoms with E-state index in [0.29, 0.717) is 5.02 Å². The predicted octanol–water partition coefficient (Wildman–Crippen LogP) is 3.46. The predicted molar refractivity (Wildman–Crippen MR) is 57.6 cm³/mol. The molecule has 0 aromatic heterocycles. The summed E-state index contributed by atoms with van der Waals surface area (Å²) in [6.07, 6.45) is -2.59. The van der Waals surface area contributed by atoms with Crippen molar-refractivity contribution in [3.8, 4) is 0 Å². The van der Waals surface area contributed by atoms with Crippen molar-refractivity contribution in [1.29, 1.82) is 0 Å². The Morgan fingerprint density at radius 1 is 1.38 bits per heavy atom. The number of benzene rings is 1. The van der Waals surface area contributed by atoms with Crippen LogP contribution in [0, 0.1) is 0 Å². The molecule has 0 aliphatic heterocycles. The highest BCUT2D eigenvalue weighted by molar-refractivity contribution is 6.35. The summed E-state index contributed by atoms with van der Waals surface area (Å²) in [6.45, 7) is -1.21. The molecule has 2 nitrogen and oxygen atoms in total. The van der Waals surface area contributed by atoms with Crippen molar-refractivity contribution >= 4 is 29.0 Å². The Bertz CT molecular complexity index is 383. The van der Waals surface area contributed by atoms with E-state index in [1.165, 1.54) is 18.2 Å². The fourth-order valence-electron chi connectivity index (χ4n) is 1.03. The standard InChI is InChI=1S/C10H8Cl2F2O2/c11-6-1-2-8(12)7(3-6)9(15)4-16-5-10(13)14/h1-3,10H,4-5H2. The molecular formula is C10H8Cl2F2O2. The molecule has 0 bridgehead atoms. The summed E-state index contributed by atoms with van der Waals surface area (Å²) in [4.78, 5) is 11.5. The van der Waals surface area contributed by atoms with Crippen LogP contribution in [0.25, 0.3) is 0 Å². The van der Waals surface area contributed by atoms with Gasteiger partial charge in [-0.1, -0.05) is 23.2 Å². The van der Waals surface area contributed by atoms with E-state index in [4.69, 9.17) is 23.2 Å². The summed E-state index contributed by atoms with van der Waals surface area (Å²) in [5.41, 5.74) is 0.170. The monoisotopic (exact) mass is 268 g/mol. The van der Waals surface area contributed by atoms with Gasteiger partial charge in [0.05, 0.1) is 5.02 Å². The van der Waals surface area contributed by atoms with Crippen LogP contribution in [0.5, 0.6) is 0 Å². The number of hydrogen-bond acceptors (Lipinski definition) is 2. The van der Waals surface area contributed by atoms with Gasteiger partial charge in [-0.15, -0.1) is 0 Å². The number of rotatable bonds is 5. The molecular weight excluding hydrogens is 261 g/mol. The topological polar surface area (TPSA) is 26.3 Å². The van der Waals surface area contributed by atoms with Gasteiger partial charge in [-0.05, 0) is 18.2 Å². The van der Waals surface area contributed by atoms with Crippen LogP contribution in [0.3, 0.4) is 0 Å². The van der Waals surface area contributed by atoms with Crippen LogP contribution in [0.4, 0.5) is 8.78 Å². The normalized spacial score (nSPS) is 10.8. The van der Waals surface area contributed by atoms with Crippen LogP contribution >= 0.6 is 23.2 Å². The molecule has 0 aliphatic carbocycles. The zero-order chi connectivity index (χ0) is 12.1. The van der Waals surface area contributed by atoms with Gasteiger partial charge in [-0.3, -0.25) is 4.79 Å². The third-order valence-electron chi connectivity index (χ3n) is 1.71. The Balaban J connectivity index is 2.62. The molecule has 0 unspecified atom stereocenters. The number of halogens is 4. The summed E-state index contributed by atoms with van der Waals surface area (Å²) in [5.74, 6) is -0.479. The Morgan fingerprint density at radius 2 is 2.06 bits per heavy atom. The van der Waals surface area contributed by atoms with Gasteiger partial charge >= 0.3 is 0 Å². The van der Waals surface area contributed by atoms with Crippen molar-refractivity contribution < 1.29 is 18.3 Å². The van der Waals surface area contributed by atoms with Crippen LogP contribution in [-0.2, 0) is 4.74 Å². The molecule has 0 spiro atoms. The minimum absolute atomic E-state index is 0.170. The van der Waals surface area contributed by atoms with E-state index < -0.39 is 25.4 Å². The lowest BCUT2D eigenvalue weighted by Crippen LogP contribution is -2.13. The maximum absolute atomic E-state index is 11.7. The zero-order valence-electron chi connectivity index (χ0n) is 8.05. The molecule has 1 aromatic rings. The number of hydrogen-bond donors (Lipinski definition) is 0. The minimum atomic E-state index is -2.59. The SMILES string of the molecule is O=C(COCC(F)F)c1cc(Cl)ccc1Cl. The third-order valence-corrected chi connectivity index (χ3v) is 2.27. The molecule has 1 aromatic carbocycles. The van der Waals surface area contributed by atoms with E-state index in [2.05, 4.69) is 4.74 Å². The summed E-state index contributed by atoms with van der Waals surface area (Å²) >= 11 is 11.4. The van der Waals surface area contributed by atoms with Crippen molar-refractivity contribution in [2.75, 3.05) is 13.2 Å². The Kier molecular flexibility index (Phi) is 5.12. The quantitative estimate of drug-likeness (QED) is 0.765. The molecule has 0 saturated carbocycles. The molecule has 16 heavy (non-hydrogen) atoms. The Morgan fingerprint density at radius 3 is 2.69 bits per heavy atom. The van der Waals surface area contributed by atoms with Crippen LogP contribution in [0.2, 0.25) is 10.0 Å². The lowest BCUT2D eigenvalue weighted by molar-refractivity contribution is 0.0196. The highest BCUT2D eigenvalue weighted by Crippen LogP contribution is 2.21. The number of ketones is 1. The second kappa shape index (κ2) is 6.13. The van der Waals surface area contributed by atoms with Gasteiger partial charge in [0.2, 0.25) is 0 Å². The van der Waals surface area contributed by atoms with Gasteiger partial charge in [0.25, 0.3) is 6.43 Å². The fraction of sp³-hybridized carbons (Fsp3) is 0.300. The first-order chi connectivity index (χ1) is 7.50. The number of alkyl halides is 2. The largest absolute Gasteiger partial charge is 0.367 e. The van der Waals surface area contributed by atoms with Crippen molar-refractivity contribution in [3.05, 3.63) is 33.8 Å². The molecule has 0 aliphatic rings. The Hall–Kier alpha value is -0.710. The van der Waals surface area contributed by atoms with Crippen molar-refractivity contribution in [1.82, 2.24) is 0 Å². The van der Waals surface area contributed by atoms with E-state index in [9.17, 15) is 13.6 Å². The molecule has 0 atom stereocenters. The molecule has 1 rings (SSSR count). The van der Waals surface area contributed by atoms with Gasteiger partial charge in [0.15, 0.2) is 5.78 Å². The maximum atomic E-state index is 11.7. The number of Topliss-reactive ketones (excluding diaryl/α,β-unsaturated/α-hetero) is 1. The second-order valence-electron chi connectivity index (χ2n) is 2.95. The highest BCUT2D eigenvalue weighted by Gasteiger charge is 2.12. The van der Waals surface area contributed by atoms with E-state index in [1.54, 1.807) is 0 Å². The molecule has 88 valence electrons. The molecule has 0 radical (unpaired) electrons. The van der Waals surface area contributed by atoms with Crippen molar-refractivity contribution in [2.45, 2.75) is 6.43 Å². The Labute approximate surface area is 101 Å². The summed E-state index contributed by atoms with van der Waals surface area (Å²) < 4.78 is 28.0. The van der Waals surface area contributed by atoms with Crippen molar-refractivity contribution in [3.63, 3.8) is 0 Å². The average molecular weight is 269 g/mol. The van der Waals surface area contributed by atoms with Gasteiger partial charge in [-0.2, -0.15) is 0 Å². The fourth-order valence-corrected chi connectivity index (χ4v) is 1.42. The lowest BCUT2D eigenvalue weighted by atomic mass is 10.1. The van der Waals surface area contributed by atoms with Crippen LogP contribution in [0.1, 0.15) is 10.4 Å². The van der Waals surface area contributed by atoms with Gasteiger partial charge in [-0.25, -0.2) is 8.78 Å². The lowest BCUT2D eigenvalue weighted by Gasteiger charge is -2.05. The van der Waals surface area contributed by atoms with Gasteiger partial charge in [0, 0.05) is 10.6 Å². The minimum Gasteiger partial charge on any atom is -0.367 e. The summed E-state index contributed by atoms with van der Waals surface area (Å²) in [7, 11) is 0. The molecule has 0 N–H and O–H groups in total. The maximum Gasteiger partial charge on any atom is 0.261 e. The first-order valence-electron chi connectivity index (χ1n) is 4.35. The number of ether oxygens (including phenoxy) is 1. The molecule has 0 heterocycles. The average Bonchev–Trinajstić information content (AvgIpc) is 2.21. The second-order valence-corrected chi connectivity index (χ2v) is 3.80. The highest BCUT2D eigenvalue weighted by atomic mass is 35.5. The van der Waals surface area contributed by atoms with Gasteiger partial charge < -0.3 is 4.74 Å². The van der Waals surface area contributed by atoms with Crippen LogP contribution in [0.15, 0.2) is 18.2 Å². The van der Waals surface area contributed by atoms with E-state index in [1.807, 2.05) is 0 Å². The molecule has 0 fully saturated rings. The van der Waals surface area contributed by atoms with E-state index >= 15 is 0 Å². The molecule has 0 saturated heterocycles. The van der Waals surface area contributed by atoms with Crippen molar-refractivity contribution in [2.24, 2.45) is 0 Å². The third kappa shape index (κ3) is 4.04. The first-order valence-corrected chi connectivity index (χ1v) is 5.10. The smallest absolute Gasteiger partial charge is 0.261 e. The van der Waals surface area contributed by atoms with Gasteiger partial charge in [0.1, 0.15) is 13.2 Å². The summed E-state index contributed by atoms with van der Waals surface area (Å²) in [6, 6.07) is 4.36. The zero-order valence-corrected chi connectivity index (χ0v) is 9.56. The van der Waals surface area contributed by atoms with E-state index in [-0.39, 0.29) is 10.6 Å². The molecule has 6 heteroatoms. The molecule has 0 amide bonds. The first kappa shape index (κ1) is 13.4. The van der Waals surface area contributed by atoms with E-state index in [0.717, 1.165) is 0 Å². The van der Waals surface area contributed by atoms with Crippen LogP contribution in [-0.4, -0.2) is 25.4 Å². The van der Waals surface area contributed by atoms with Crippen LogP contribution < -0.4 is 0 Å². The number of carbonyl (C=O) groups excluding carboxylic acids is 1. The summed E-state index contributed by atoms with van der Waals surface area (Å²) in [5, 5.41) is 0.566.